The van der Waals surface area contributed by atoms with Crippen LogP contribution in [-0.2, 0) is 11.2 Å². The molecule has 1 aliphatic rings. The number of nitrogens with two attached hydrogens (primary N) is 1. The van der Waals surface area contributed by atoms with Crippen LogP contribution in [0.1, 0.15) is 18.4 Å². The van der Waals surface area contributed by atoms with E-state index in [0.29, 0.717) is 29.1 Å². The number of nitrogens with zero attached hydrogens (tertiary/aromatic N) is 5. The molecule has 8 nitrogen and oxygen atoms in total. The summed E-state index contributed by atoms with van der Waals surface area (Å²) in [6, 6.07) is 9.62. The van der Waals surface area contributed by atoms with Crippen molar-refractivity contribution in [3.8, 4) is 23.4 Å². The van der Waals surface area contributed by atoms with Crippen LogP contribution < -0.4 is 11.1 Å². The lowest BCUT2D eigenvalue weighted by molar-refractivity contribution is -0.117. The van der Waals surface area contributed by atoms with Gasteiger partial charge in [0.05, 0.1) is 24.3 Å². The number of hydrogen-bond acceptors (Lipinski definition) is 7. The maximum absolute atomic E-state index is 12.3. The first-order valence-corrected chi connectivity index (χ1v) is 9.15. The first kappa shape index (κ1) is 18.3. The SMILES string of the molecule is N#CCc1ccncc1-c1cc2cc(NC(=O)[C@H]3CC3CC#N)ncc2c(N)n1. The molecule has 0 spiro atoms. The van der Waals surface area contributed by atoms with E-state index in [4.69, 9.17) is 16.3 Å². The van der Waals surface area contributed by atoms with Crippen LogP contribution in [0.4, 0.5) is 11.6 Å². The molecule has 3 N–H and O–H groups in total. The molecule has 0 aliphatic heterocycles. The van der Waals surface area contributed by atoms with Gasteiger partial charge < -0.3 is 11.1 Å². The summed E-state index contributed by atoms with van der Waals surface area (Å²) >= 11 is 0. The van der Waals surface area contributed by atoms with Gasteiger partial charge in [-0.2, -0.15) is 10.5 Å². The number of aromatic nitrogens is 3. The number of nitriles is 2. The first-order valence-electron chi connectivity index (χ1n) is 9.15. The zero-order valence-electron chi connectivity index (χ0n) is 15.5. The lowest BCUT2D eigenvalue weighted by atomic mass is 10.0. The van der Waals surface area contributed by atoms with Crippen molar-refractivity contribution in [3.63, 3.8) is 0 Å². The first-order chi connectivity index (χ1) is 14.1. The summed E-state index contributed by atoms with van der Waals surface area (Å²) in [5, 5.41) is 22.1. The standard InChI is InChI=1S/C21H17N7O/c22-4-1-12-3-6-25-10-16(12)18-8-14-9-19(26-11-17(14)20(24)27-18)28-21(29)15-7-13(15)2-5-23/h3,6,8-11,13,15H,1-2,7H2,(H2,24,27)(H,26,28,29)/t13?,15-/m0/s1. The molecule has 3 aromatic heterocycles. The van der Waals surface area contributed by atoms with E-state index in [9.17, 15) is 4.79 Å². The number of nitrogens with one attached hydrogen (secondary N) is 1. The molecule has 1 aliphatic carbocycles. The largest absolute Gasteiger partial charge is 0.383 e. The minimum absolute atomic E-state index is 0.122. The Bertz CT molecular complexity index is 1190. The van der Waals surface area contributed by atoms with E-state index in [2.05, 4.69) is 32.4 Å². The highest BCUT2D eigenvalue weighted by Gasteiger charge is 2.42. The molecule has 0 radical (unpaired) electrons. The van der Waals surface area contributed by atoms with E-state index >= 15 is 0 Å². The maximum Gasteiger partial charge on any atom is 0.228 e. The summed E-state index contributed by atoms with van der Waals surface area (Å²) in [4.78, 5) is 25.2. The summed E-state index contributed by atoms with van der Waals surface area (Å²) in [6.07, 6.45) is 6.24. The van der Waals surface area contributed by atoms with Crippen molar-refractivity contribution in [1.29, 1.82) is 10.5 Å². The molecule has 1 unspecified atom stereocenters. The molecular formula is C21H17N7O. The smallest absolute Gasteiger partial charge is 0.228 e. The molecule has 0 saturated heterocycles. The minimum Gasteiger partial charge on any atom is -0.383 e. The fourth-order valence-electron chi connectivity index (χ4n) is 3.40. The van der Waals surface area contributed by atoms with Crippen LogP contribution in [0.3, 0.4) is 0 Å². The summed E-state index contributed by atoms with van der Waals surface area (Å²) in [5.74, 6) is 0.615. The Labute approximate surface area is 167 Å². The highest BCUT2D eigenvalue weighted by Crippen LogP contribution is 2.41. The normalized spacial score (nSPS) is 17.3. The lowest BCUT2D eigenvalue weighted by Gasteiger charge is -2.10. The minimum atomic E-state index is -0.130. The topological polar surface area (TPSA) is 141 Å². The molecule has 2 atom stereocenters. The Hall–Kier alpha value is -4.04. The van der Waals surface area contributed by atoms with Crippen molar-refractivity contribution in [3.05, 3.63) is 42.4 Å². The molecule has 0 aromatic carbocycles. The number of carbonyl (C=O) groups excluding carboxylic acids is 1. The van der Waals surface area contributed by atoms with Gasteiger partial charge in [-0.25, -0.2) is 9.97 Å². The fourth-order valence-corrected chi connectivity index (χ4v) is 3.40. The van der Waals surface area contributed by atoms with E-state index in [1.54, 1.807) is 30.7 Å². The number of carbonyl (C=O) groups is 1. The predicted octanol–water partition coefficient (Wildman–Crippen LogP) is 2.83. The van der Waals surface area contributed by atoms with Crippen LogP contribution in [0.5, 0.6) is 0 Å². The molecule has 8 heteroatoms. The second kappa shape index (κ2) is 7.53. The van der Waals surface area contributed by atoms with Gasteiger partial charge in [-0.15, -0.1) is 0 Å². The molecule has 142 valence electrons. The third kappa shape index (κ3) is 3.69. The predicted molar refractivity (Wildman–Crippen MR) is 107 cm³/mol. The number of anilines is 2. The zero-order valence-corrected chi connectivity index (χ0v) is 15.5. The molecule has 1 amide bonds. The molecule has 29 heavy (non-hydrogen) atoms. The van der Waals surface area contributed by atoms with Crippen molar-refractivity contribution in [2.45, 2.75) is 19.3 Å². The number of pyridine rings is 3. The highest BCUT2D eigenvalue weighted by atomic mass is 16.2. The monoisotopic (exact) mass is 383 g/mol. The third-order valence-corrected chi connectivity index (χ3v) is 5.07. The lowest BCUT2D eigenvalue weighted by Crippen LogP contribution is -2.15. The van der Waals surface area contributed by atoms with Crippen molar-refractivity contribution in [2.24, 2.45) is 11.8 Å². The zero-order chi connectivity index (χ0) is 20.4. The van der Waals surface area contributed by atoms with Gasteiger partial charge in [0.15, 0.2) is 0 Å². The molecular weight excluding hydrogens is 366 g/mol. The Morgan fingerprint density at radius 3 is 2.93 bits per heavy atom. The van der Waals surface area contributed by atoms with Gasteiger partial charge in [0.1, 0.15) is 11.6 Å². The number of hydrogen-bond donors (Lipinski definition) is 2. The molecule has 3 heterocycles. The average Bonchev–Trinajstić information content (AvgIpc) is 3.48. The fraction of sp³-hybridized carbons (Fsp3) is 0.238. The van der Waals surface area contributed by atoms with Crippen molar-refractivity contribution in [1.82, 2.24) is 15.0 Å². The van der Waals surface area contributed by atoms with Crippen LogP contribution in [0.15, 0.2) is 36.8 Å². The maximum atomic E-state index is 12.3. The van der Waals surface area contributed by atoms with Gasteiger partial charge >= 0.3 is 0 Å². The number of nitrogen functional groups attached to an aromatic ring is 1. The van der Waals surface area contributed by atoms with Gasteiger partial charge in [-0.3, -0.25) is 9.78 Å². The summed E-state index contributed by atoms with van der Waals surface area (Å²) in [7, 11) is 0. The Morgan fingerprint density at radius 2 is 2.14 bits per heavy atom. The van der Waals surface area contributed by atoms with Crippen molar-refractivity contribution in [2.75, 3.05) is 11.1 Å². The van der Waals surface area contributed by atoms with Crippen LogP contribution >= 0.6 is 0 Å². The Balaban J connectivity index is 1.66. The Kier molecular flexibility index (Phi) is 4.76. The number of fused-ring (bicyclic) bond motifs is 1. The highest BCUT2D eigenvalue weighted by molar-refractivity contribution is 5.98. The van der Waals surface area contributed by atoms with Gasteiger partial charge in [0.2, 0.25) is 5.91 Å². The number of amides is 1. The summed E-state index contributed by atoms with van der Waals surface area (Å²) in [6.45, 7) is 0. The van der Waals surface area contributed by atoms with Crippen LogP contribution in [0.2, 0.25) is 0 Å². The Morgan fingerprint density at radius 1 is 1.28 bits per heavy atom. The number of rotatable bonds is 5. The quantitative estimate of drug-likeness (QED) is 0.690. The van der Waals surface area contributed by atoms with E-state index in [1.807, 2.05) is 6.07 Å². The molecule has 4 rings (SSSR count). The molecule has 1 saturated carbocycles. The van der Waals surface area contributed by atoms with Crippen molar-refractivity contribution < 1.29 is 4.79 Å². The van der Waals surface area contributed by atoms with Gasteiger partial charge in [0, 0.05) is 41.9 Å². The van der Waals surface area contributed by atoms with Crippen LogP contribution in [-0.4, -0.2) is 20.9 Å². The second-order valence-electron chi connectivity index (χ2n) is 7.00. The summed E-state index contributed by atoms with van der Waals surface area (Å²) < 4.78 is 0. The van der Waals surface area contributed by atoms with Crippen molar-refractivity contribution >= 4 is 28.3 Å². The van der Waals surface area contributed by atoms with E-state index in [0.717, 1.165) is 22.9 Å². The van der Waals surface area contributed by atoms with Crippen LogP contribution in [0.25, 0.3) is 22.0 Å². The van der Waals surface area contributed by atoms with E-state index in [-0.39, 0.29) is 24.2 Å². The van der Waals surface area contributed by atoms with Crippen LogP contribution in [0, 0.1) is 34.5 Å². The molecule has 1 fully saturated rings. The average molecular weight is 383 g/mol. The molecule has 3 aromatic rings. The summed E-state index contributed by atoms with van der Waals surface area (Å²) in [5.41, 5.74) is 8.28. The van der Waals surface area contributed by atoms with E-state index < -0.39 is 0 Å². The third-order valence-electron chi connectivity index (χ3n) is 5.07. The van der Waals surface area contributed by atoms with E-state index in [1.165, 1.54) is 0 Å². The second-order valence-corrected chi connectivity index (χ2v) is 7.00. The molecule has 0 bridgehead atoms. The van der Waals surface area contributed by atoms with Gasteiger partial charge in [0.25, 0.3) is 0 Å². The van der Waals surface area contributed by atoms with Gasteiger partial charge in [-0.05, 0) is 41.5 Å². The van der Waals surface area contributed by atoms with Gasteiger partial charge in [-0.1, -0.05) is 0 Å².